The predicted molar refractivity (Wildman–Crippen MR) is 154 cm³/mol. The van der Waals surface area contributed by atoms with Gasteiger partial charge in [-0.05, 0) is 30.3 Å². The van der Waals surface area contributed by atoms with Gasteiger partial charge >= 0.3 is 29.5 Å². The minimum absolute atomic E-state index is 0.149. The maximum Gasteiger partial charge on any atom is 0.360 e. The number of carbonyl (C=O) groups is 4. The molecule has 14 heteroatoms. The Bertz CT molecular complexity index is 1650. The topological polar surface area (TPSA) is 157 Å². The fourth-order valence-electron chi connectivity index (χ4n) is 4.96. The summed E-state index contributed by atoms with van der Waals surface area (Å²) in [5, 5.41) is 0.614. The van der Waals surface area contributed by atoms with E-state index in [1.54, 1.807) is 30.0 Å². The molecule has 232 valence electrons. The molecule has 0 aliphatic carbocycles. The van der Waals surface area contributed by atoms with Crippen LogP contribution in [-0.4, -0.2) is 67.1 Å². The van der Waals surface area contributed by atoms with Crippen molar-refractivity contribution in [2.75, 3.05) is 17.4 Å². The lowest BCUT2D eigenvalue weighted by Gasteiger charge is -2.43. The van der Waals surface area contributed by atoms with E-state index in [2.05, 4.69) is 0 Å². The van der Waals surface area contributed by atoms with Gasteiger partial charge in [0, 0.05) is 44.0 Å². The van der Waals surface area contributed by atoms with Gasteiger partial charge in [-0.2, -0.15) is 0 Å². The zero-order valence-electron chi connectivity index (χ0n) is 24.2. The third-order valence-electron chi connectivity index (χ3n) is 6.69. The van der Waals surface area contributed by atoms with Crippen LogP contribution in [0.5, 0.6) is 5.75 Å². The van der Waals surface area contributed by atoms with Crippen LogP contribution in [0, 0.1) is 0 Å². The number of hydrogen-bond acceptors (Lipinski definition) is 14. The number of para-hydroxylation sites is 1. The zero-order valence-corrected chi connectivity index (χ0v) is 25.0. The molecule has 0 N–H and O–H groups in total. The van der Waals surface area contributed by atoms with E-state index in [1.807, 2.05) is 29.2 Å². The number of thioether (sulfide) groups is 1. The summed E-state index contributed by atoms with van der Waals surface area (Å²) in [6.07, 6.45) is -6.72. The minimum Gasteiger partial charge on any atom is -0.463 e. The molecule has 0 radical (unpaired) electrons. The van der Waals surface area contributed by atoms with Gasteiger partial charge < -0.3 is 37.7 Å². The summed E-state index contributed by atoms with van der Waals surface area (Å²) >= 11 is 1.61. The first kappa shape index (κ1) is 30.9. The molecule has 44 heavy (non-hydrogen) atoms. The number of ether oxygens (including phenoxy) is 6. The van der Waals surface area contributed by atoms with Crippen LogP contribution < -0.4 is 15.3 Å². The number of nitrogens with zero attached hydrogens (tertiary/aromatic N) is 1. The summed E-state index contributed by atoms with van der Waals surface area (Å²) in [6, 6.07) is 14.2. The molecule has 0 amide bonds. The summed E-state index contributed by atoms with van der Waals surface area (Å²) in [5.41, 5.74) is 0.942. The molecule has 13 nitrogen and oxygen atoms in total. The standard InChI is InChI=1S/C30H29NO12S/c1-15(32)37-13-24-26(38-16(2)33)27(39-17(3)34)28(40-18(4)35)30(43-24)41-20-10-9-19-11-22(29(36)42-23(19)12-20)31-14-44-25-8-6-5-7-21(25)31/h5-12,24,26-28,30H,13-14H2,1-4H3/t24-,26-,27+,28-,30-/m1/s1. The monoisotopic (exact) mass is 627 g/mol. The largest absolute Gasteiger partial charge is 0.463 e. The molecule has 3 heterocycles. The van der Waals surface area contributed by atoms with Crippen LogP contribution in [-0.2, 0) is 42.9 Å². The van der Waals surface area contributed by atoms with E-state index in [4.69, 9.17) is 32.8 Å². The summed E-state index contributed by atoms with van der Waals surface area (Å²) in [7, 11) is 0. The first-order chi connectivity index (χ1) is 21.0. The normalized spacial score (nSPS) is 22.5. The lowest BCUT2D eigenvalue weighted by molar-refractivity contribution is -0.288. The fourth-order valence-corrected chi connectivity index (χ4v) is 6.01. The highest BCUT2D eigenvalue weighted by molar-refractivity contribution is 7.99. The molecule has 0 unspecified atom stereocenters. The van der Waals surface area contributed by atoms with Crippen LogP contribution in [0.3, 0.4) is 0 Å². The van der Waals surface area contributed by atoms with Crippen LogP contribution >= 0.6 is 11.8 Å². The first-order valence-electron chi connectivity index (χ1n) is 13.5. The number of carbonyl (C=O) groups excluding carboxylic acids is 4. The lowest BCUT2D eigenvalue weighted by atomic mass is 9.98. The third kappa shape index (κ3) is 6.81. The molecule has 0 saturated carbocycles. The van der Waals surface area contributed by atoms with Crippen molar-refractivity contribution in [3.05, 3.63) is 59.0 Å². The van der Waals surface area contributed by atoms with Crippen molar-refractivity contribution in [1.82, 2.24) is 0 Å². The van der Waals surface area contributed by atoms with Crippen molar-refractivity contribution in [1.29, 1.82) is 0 Å². The lowest BCUT2D eigenvalue weighted by Crippen LogP contribution is -2.63. The van der Waals surface area contributed by atoms with Gasteiger partial charge in [-0.25, -0.2) is 4.79 Å². The Hall–Kier alpha value is -4.56. The Labute approximate surface area is 255 Å². The number of rotatable bonds is 8. The second kappa shape index (κ2) is 13.0. The Morgan fingerprint density at radius 1 is 0.841 bits per heavy atom. The highest BCUT2D eigenvalue weighted by Crippen LogP contribution is 2.42. The minimum atomic E-state index is -1.43. The molecule has 1 saturated heterocycles. The quantitative estimate of drug-likeness (QED) is 0.203. The molecule has 5 rings (SSSR count). The molecule has 1 aromatic heterocycles. The van der Waals surface area contributed by atoms with Crippen molar-refractivity contribution in [2.45, 2.75) is 63.3 Å². The highest BCUT2D eigenvalue weighted by Gasteiger charge is 2.53. The van der Waals surface area contributed by atoms with Crippen molar-refractivity contribution in [3.63, 3.8) is 0 Å². The van der Waals surface area contributed by atoms with Gasteiger partial charge in [-0.3, -0.25) is 19.2 Å². The molecular weight excluding hydrogens is 598 g/mol. The second-order valence-electron chi connectivity index (χ2n) is 9.97. The molecule has 2 aromatic carbocycles. The zero-order chi connectivity index (χ0) is 31.5. The number of anilines is 2. The molecule has 1 fully saturated rings. The summed E-state index contributed by atoms with van der Waals surface area (Å²) in [5.74, 6) is -2.21. The second-order valence-corrected chi connectivity index (χ2v) is 11.0. The summed E-state index contributed by atoms with van der Waals surface area (Å²) in [4.78, 5) is 63.7. The first-order valence-corrected chi connectivity index (χ1v) is 14.5. The Kier molecular flexibility index (Phi) is 9.11. The third-order valence-corrected chi connectivity index (χ3v) is 7.73. The van der Waals surface area contributed by atoms with Crippen molar-refractivity contribution in [2.24, 2.45) is 0 Å². The van der Waals surface area contributed by atoms with Gasteiger partial charge in [-0.1, -0.05) is 12.1 Å². The average Bonchev–Trinajstić information content (AvgIpc) is 3.38. The highest BCUT2D eigenvalue weighted by atomic mass is 32.2. The fraction of sp³-hybridized carbons (Fsp3) is 0.367. The van der Waals surface area contributed by atoms with E-state index < -0.39 is 66.8 Å². The van der Waals surface area contributed by atoms with Crippen LogP contribution in [0.1, 0.15) is 27.7 Å². The molecular formula is C30H29NO12S. The average molecular weight is 628 g/mol. The van der Waals surface area contributed by atoms with E-state index in [0.29, 0.717) is 17.0 Å². The van der Waals surface area contributed by atoms with Gasteiger partial charge in [-0.15, -0.1) is 11.8 Å². The van der Waals surface area contributed by atoms with E-state index in [0.717, 1.165) is 31.4 Å². The van der Waals surface area contributed by atoms with E-state index in [1.165, 1.54) is 13.0 Å². The van der Waals surface area contributed by atoms with Crippen molar-refractivity contribution < 1.29 is 52.0 Å². The maximum absolute atomic E-state index is 13.1. The van der Waals surface area contributed by atoms with E-state index in [9.17, 15) is 24.0 Å². The molecule has 2 aliphatic heterocycles. The number of esters is 4. The predicted octanol–water partition coefficient (Wildman–Crippen LogP) is 3.46. The molecule has 0 bridgehead atoms. The van der Waals surface area contributed by atoms with E-state index in [-0.39, 0.29) is 11.3 Å². The SMILES string of the molecule is CC(=O)OC[C@H]1O[C@@H](Oc2ccc3cc(N4CSc5ccccc54)c(=O)oc3c2)[C@H](OC(C)=O)[C@@H](OC(C)=O)[C@@H]1OC(C)=O. The number of fused-ring (bicyclic) bond motifs is 2. The van der Waals surface area contributed by atoms with Gasteiger partial charge in [0.2, 0.25) is 12.4 Å². The van der Waals surface area contributed by atoms with Crippen molar-refractivity contribution in [3.8, 4) is 5.75 Å². The Morgan fingerprint density at radius 3 is 2.23 bits per heavy atom. The summed E-state index contributed by atoms with van der Waals surface area (Å²) in [6.45, 7) is 4.17. The smallest absolute Gasteiger partial charge is 0.360 e. The number of benzene rings is 2. The number of hydrogen-bond donors (Lipinski definition) is 0. The maximum atomic E-state index is 13.1. The van der Waals surface area contributed by atoms with Gasteiger partial charge in [0.15, 0.2) is 12.2 Å². The van der Waals surface area contributed by atoms with Gasteiger partial charge in [0.25, 0.3) is 0 Å². The van der Waals surface area contributed by atoms with Gasteiger partial charge in [0.05, 0.1) is 11.6 Å². The van der Waals surface area contributed by atoms with Crippen molar-refractivity contribution >= 4 is 58.0 Å². The molecule has 3 aromatic rings. The molecule has 2 aliphatic rings. The van der Waals surface area contributed by atoms with E-state index >= 15 is 0 Å². The van der Waals surface area contributed by atoms with Gasteiger partial charge in [0.1, 0.15) is 29.7 Å². The summed E-state index contributed by atoms with van der Waals surface area (Å²) < 4.78 is 39.0. The van der Waals surface area contributed by atoms with Crippen LogP contribution in [0.4, 0.5) is 11.4 Å². The van der Waals surface area contributed by atoms with Crippen LogP contribution in [0.25, 0.3) is 11.0 Å². The molecule has 5 atom stereocenters. The molecule has 0 spiro atoms. The Morgan fingerprint density at radius 2 is 1.52 bits per heavy atom. The van der Waals surface area contributed by atoms with Crippen LogP contribution in [0.2, 0.25) is 0 Å². The van der Waals surface area contributed by atoms with Crippen LogP contribution in [0.15, 0.2) is 62.6 Å². The Balaban J connectivity index is 1.47.